The molecule has 1 aliphatic heterocycles. The molecule has 0 amide bonds. The van der Waals surface area contributed by atoms with E-state index in [4.69, 9.17) is 17.3 Å². The Labute approximate surface area is 111 Å². The van der Waals surface area contributed by atoms with E-state index in [-0.39, 0.29) is 0 Å². The summed E-state index contributed by atoms with van der Waals surface area (Å²) in [5.41, 5.74) is 7.91. The highest BCUT2D eigenvalue weighted by atomic mass is 35.5. The number of nitrogens with zero attached hydrogens (tertiary/aromatic N) is 2. The lowest BCUT2D eigenvalue weighted by atomic mass is 10.1. The molecule has 1 aliphatic rings. The van der Waals surface area contributed by atoms with Crippen molar-refractivity contribution in [1.29, 1.82) is 0 Å². The molecule has 3 N–H and O–H groups in total. The van der Waals surface area contributed by atoms with Gasteiger partial charge in [-0.25, -0.2) is 4.98 Å². The lowest BCUT2D eigenvalue weighted by molar-refractivity contribution is 0.477. The quantitative estimate of drug-likeness (QED) is 0.832. The van der Waals surface area contributed by atoms with Crippen LogP contribution in [0.15, 0.2) is 18.2 Å². The molecule has 0 aliphatic carbocycles. The van der Waals surface area contributed by atoms with Crippen LogP contribution in [0.4, 0.5) is 5.95 Å². The minimum absolute atomic E-state index is 0.345. The van der Waals surface area contributed by atoms with Gasteiger partial charge in [0.1, 0.15) is 0 Å². The van der Waals surface area contributed by atoms with E-state index >= 15 is 0 Å². The molecular weight excluding hydrogens is 248 g/mol. The predicted octanol–water partition coefficient (Wildman–Crippen LogP) is 2.59. The van der Waals surface area contributed by atoms with Crippen LogP contribution < -0.4 is 11.1 Å². The Morgan fingerprint density at radius 3 is 3.17 bits per heavy atom. The van der Waals surface area contributed by atoms with Crippen molar-refractivity contribution in [3.63, 3.8) is 0 Å². The summed E-state index contributed by atoms with van der Waals surface area (Å²) < 4.78 is 2.09. The number of aromatic nitrogens is 2. The highest BCUT2D eigenvalue weighted by Gasteiger charge is 2.20. The van der Waals surface area contributed by atoms with Crippen molar-refractivity contribution in [3.05, 3.63) is 23.2 Å². The second kappa shape index (κ2) is 4.78. The van der Waals surface area contributed by atoms with Crippen LogP contribution in [-0.4, -0.2) is 22.6 Å². The summed E-state index contributed by atoms with van der Waals surface area (Å²) in [6.07, 6.45) is 3.55. The van der Waals surface area contributed by atoms with Gasteiger partial charge in [0.15, 0.2) is 0 Å². The first-order valence-corrected chi connectivity index (χ1v) is 6.78. The monoisotopic (exact) mass is 264 g/mol. The number of nitrogens with one attached hydrogen (secondary N) is 1. The molecule has 0 radical (unpaired) electrons. The minimum atomic E-state index is 0.345. The van der Waals surface area contributed by atoms with Gasteiger partial charge in [0.05, 0.1) is 16.1 Å². The lowest BCUT2D eigenvalue weighted by Crippen LogP contribution is -2.24. The van der Waals surface area contributed by atoms with Gasteiger partial charge in [-0.2, -0.15) is 0 Å². The highest BCUT2D eigenvalue weighted by Crippen LogP contribution is 2.31. The van der Waals surface area contributed by atoms with E-state index in [1.54, 1.807) is 0 Å². The number of halogens is 1. The van der Waals surface area contributed by atoms with E-state index < -0.39 is 0 Å². The van der Waals surface area contributed by atoms with Crippen LogP contribution in [0.2, 0.25) is 5.02 Å². The van der Waals surface area contributed by atoms with Crippen LogP contribution in [0.3, 0.4) is 0 Å². The van der Waals surface area contributed by atoms with Gasteiger partial charge in [-0.3, -0.25) is 0 Å². The lowest BCUT2D eigenvalue weighted by Gasteiger charge is -2.19. The van der Waals surface area contributed by atoms with Crippen LogP contribution >= 0.6 is 11.6 Å². The fourth-order valence-electron chi connectivity index (χ4n) is 2.72. The average molecular weight is 265 g/mol. The average Bonchev–Trinajstić information content (AvgIpc) is 2.54. The highest BCUT2D eigenvalue weighted by molar-refractivity contribution is 6.35. The van der Waals surface area contributed by atoms with Gasteiger partial charge in [-0.15, -0.1) is 0 Å². The number of fused-ring (bicyclic) bond motifs is 1. The zero-order valence-electron chi connectivity index (χ0n) is 10.2. The number of anilines is 1. The van der Waals surface area contributed by atoms with Gasteiger partial charge in [0.2, 0.25) is 5.95 Å². The van der Waals surface area contributed by atoms with Crippen molar-refractivity contribution in [2.45, 2.75) is 25.3 Å². The van der Waals surface area contributed by atoms with Crippen LogP contribution in [0.1, 0.15) is 25.3 Å². The number of para-hydroxylation sites is 1. The van der Waals surface area contributed by atoms with Gasteiger partial charge >= 0.3 is 0 Å². The summed E-state index contributed by atoms with van der Waals surface area (Å²) in [5, 5.41) is 4.17. The van der Waals surface area contributed by atoms with E-state index in [1.807, 2.05) is 18.2 Å². The van der Waals surface area contributed by atoms with Gasteiger partial charge in [-0.1, -0.05) is 24.1 Å². The van der Waals surface area contributed by atoms with Gasteiger partial charge < -0.3 is 15.6 Å². The van der Waals surface area contributed by atoms with Crippen LogP contribution in [-0.2, 0) is 0 Å². The molecule has 1 aromatic heterocycles. The van der Waals surface area contributed by atoms with Crippen molar-refractivity contribution >= 4 is 28.6 Å². The van der Waals surface area contributed by atoms with Gasteiger partial charge in [0.25, 0.3) is 0 Å². The number of hydrogen-bond donors (Lipinski definition) is 2. The Morgan fingerprint density at radius 2 is 2.28 bits per heavy atom. The molecule has 4 nitrogen and oxygen atoms in total. The minimum Gasteiger partial charge on any atom is -0.369 e. The number of nitrogens with two attached hydrogens (primary N) is 1. The molecule has 0 saturated carbocycles. The van der Waals surface area contributed by atoms with E-state index in [0.717, 1.165) is 35.6 Å². The van der Waals surface area contributed by atoms with Gasteiger partial charge in [0, 0.05) is 12.6 Å². The van der Waals surface area contributed by atoms with E-state index in [9.17, 15) is 0 Å². The Balaban J connectivity index is 2.12. The first kappa shape index (κ1) is 11.8. The summed E-state index contributed by atoms with van der Waals surface area (Å²) in [6.45, 7) is 2.01. The van der Waals surface area contributed by atoms with Crippen LogP contribution in [0.5, 0.6) is 0 Å². The standard InChI is InChI=1S/C13H17ClN4/c14-10-5-3-6-11-12(10)18(13(15)17-11)9-4-1-2-7-16-8-9/h3,5-6,9,16H,1-2,4,7-8H2,(H2,15,17). The maximum absolute atomic E-state index is 6.30. The molecule has 3 rings (SSSR count). The topological polar surface area (TPSA) is 55.9 Å². The smallest absolute Gasteiger partial charge is 0.201 e. The molecule has 0 bridgehead atoms. The van der Waals surface area contributed by atoms with Crippen LogP contribution in [0, 0.1) is 0 Å². The first-order valence-electron chi connectivity index (χ1n) is 6.40. The maximum Gasteiger partial charge on any atom is 0.201 e. The molecule has 2 heterocycles. The normalized spacial score (nSPS) is 21.1. The van der Waals surface area contributed by atoms with Crippen molar-refractivity contribution in [2.24, 2.45) is 0 Å². The zero-order valence-corrected chi connectivity index (χ0v) is 11.0. The summed E-state index contributed by atoms with van der Waals surface area (Å²) >= 11 is 6.30. The van der Waals surface area contributed by atoms with E-state index in [2.05, 4.69) is 14.9 Å². The molecule has 18 heavy (non-hydrogen) atoms. The molecule has 1 atom stereocenters. The number of rotatable bonds is 1. The summed E-state index contributed by atoms with van der Waals surface area (Å²) in [5.74, 6) is 0.562. The second-order valence-electron chi connectivity index (χ2n) is 4.80. The SMILES string of the molecule is Nc1nc2cccc(Cl)c2n1C1CCCCNC1. The van der Waals surface area contributed by atoms with E-state index in [1.165, 1.54) is 12.8 Å². The third-order valence-electron chi connectivity index (χ3n) is 3.57. The molecule has 96 valence electrons. The van der Waals surface area contributed by atoms with E-state index in [0.29, 0.717) is 12.0 Å². The Bertz CT molecular complexity index is 555. The van der Waals surface area contributed by atoms with Gasteiger partial charge in [-0.05, 0) is 31.5 Å². The van der Waals surface area contributed by atoms with Crippen LogP contribution in [0.25, 0.3) is 11.0 Å². The number of benzene rings is 1. The molecule has 1 unspecified atom stereocenters. The summed E-state index contributed by atoms with van der Waals surface area (Å²) in [6, 6.07) is 6.11. The van der Waals surface area contributed by atoms with Crippen molar-refractivity contribution in [3.8, 4) is 0 Å². The maximum atomic E-state index is 6.30. The first-order chi connectivity index (χ1) is 8.77. The van der Waals surface area contributed by atoms with Crippen molar-refractivity contribution in [2.75, 3.05) is 18.8 Å². The summed E-state index contributed by atoms with van der Waals surface area (Å²) in [4.78, 5) is 4.41. The Morgan fingerprint density at radius 1 is 1.39 bits per heavy atom. The summed E-state index contributed by atoms with van der Waals surface area (Å²) in [7, 11) is 0. The number of imidazole rings is 1. The largest absolute Gasteiger partial charge is 0.369 e. The Kier molecular flexibility index (Phi) is 3.14. The molecule has 0 spiro atoms. The molecule has 1 aromatic carbocycles. The Hall–Kier alpha value is -1.26. The predicted molar refractivity (Wildman–Crippen MR) is 74.9 cm³/mol. The molecule has 2 aromatic rings. The fourth-order valence-corrected chi connectivity index (χ4v) is 2.98. The number of nitrogen functional groups attached to an aromatic ring is 1. The molecule has 1 saturated heterocycles. The zero-order chi connectivity index (χ0) is 12.5. The molecule has 1 fully saturated rings. The molecule has 5 heteroatoms. The fraction of sp³-hybridized carbons (Fsp3) is 0.462. The van der Waals surface area contributed by atoms with Crippen molar-refractivity contribution in [1.82, 2.24) is 14.9 Å². The third-order valence-corrected chi connectivity index (χ3v) is 3.88. The number of hydrogen-bond acceptors (Lipinski definition) is 3. The third kappa shape index (κ3) is 1.95. The van der Waals surface area contributed by atoms with Crippen molar-refractivity contribution < 1.29 is 0 Å². The second-order valence-corrected chi connectivity index (χ2v) is 5.21. The molecular formula is C13H17ClN4.